The molecule has 0 spiro atoms. The number of halogens is 1. The number of pyridine rings is 1. The number of alkyl halides is 1. The van der Waals surface area contributed by atoms with Crippen LogP contribution in [0.25, 0.3) is 27.8 Å². The minimum atomic E-state index is -1.14. The summed E-state index contributed by atoms with van der Waals surface area (Å²) in [5.41, 5.74) is 12.4. The monoisotopic (exact) mass is 616 g/mol. The number of amides is 2. The Morgan fingerprint density at radius 2 is 1.87 bits per heavy atom. The molecule has 11 heteroatoms. The lowest BCUT2D eigenvalue weighted by Gasteiger charge is -2.41. The maximum atomic E-state index is 14.3. The van der Waals surface area contributed by atoms with E-state index in [1.165, 1.54) is 28.8 Å². The third-order valence-electron chi connectivity index (χ3n) is 9.78. The van der Waals surface area contributed by atoms with Crippen molar-refractivity contribution in [3.63, 3.8) is 0 Å². The maximum Gasteiger partial charge on any atom is 0.255 e. The van der Waals surface area contributed by atoms with Crippen molar-refractivity contribution in [2.24, 2.45) is 11.7 Å². The smallest absolute Gasteiger partial charge is 0.255 e. The van der Waals surface area contributed by atoms with Gasteiger partial charge >= 0.3 is 0 Å². The van der Waals surface area contributed by atoms with Crippen molar-refractivity contribution in [2.75, 3.05) is 40.4 Å². The minimum Gasteiger partial charge on any atom is -0.494 e. The summed E-state index contributed by atoms with van der Waals surface area (Å²) in [4.78, 5) is 29.5. The van der Waals surface area contributed by atoms with E-state index in [-0.39, 0.29) is 30.7 Å². The number of likely N-dealkylation sites (tertiary alicyclic amines) is 2. The van der Waals surface area contributed by atoms with E-state index in [0.717, 1.165) is 34.4 Å². The average molecular weight is 617 g/mol. The third-order valence-corrected chi connectivity index (χ3v) is 9.78. The number of benzene rings is 1. The van der Waals surface area contributed by atoms with Crippen LogP contribution < -0.4 is 10.5 Å². The van der Waals surface area contributed by atoms with E-state index in [9.17, 15) is 14.0 Å². The molecule has 0 radical (unpaired) electrons. The molecule has 4 aromatic rings. The number of rotatable bonds is 8. The highest BCUT2D eigenvalue weighted by Gasteiger charge is 2.36. The zero-order valence-corrected chi connectivity index (χ0v) is 26.3. The van der Waals surface area contributed by atoms with Crippen molar-refractivity contribution in [2.45, 2.75) is 63.9 Å². The molecule has 0 bridgehead atoms. The number of ether oxygens (including phenoxy) is 2. The van der Waals surface area contributed by atoms with Crippen molar-refractivity contribution in [1.29, 1.82) is 0 Å². The number of aryl methyl sites for hydroxylation is 1. The molecule has 3 aliphatic rings. The molecule has 238 valence electrons. The second-order valence-corrected chi connectivity index (χ2v) is 13.1. The van der Waals surface area contributed by atoms with Gasteiger partial charge in [-0.05, 0) is 56.7 Å². The van der Waals surface area contributed by atoms with Gasteiger partial charge in [0.15, 0.2) is 0 Å². The Kier molecular flexibility index (Phi) is 7.56. The summed E-state index contributed by atoms with van der Waals surface area (Å²) in [7, 11) is 3.15. The van der Waals surface area contributed by atoms with Gasteiger partial charge in [0, 0.05) is 62.4 Å². The number of nitrogens with two attached hydrogens (primary N) is 1. The summed E-state index contributed by atoms with van der Waals surface area (Å²) in [6.45, 7) is 6.38. The second-order valence-electron chi connectivity index (χ2n) is 13.1. The van der Waals surface area contributed by atoms with Crippen molar-refractivity contribution in [1.82, 2.24) is 24.0 Å². The molecule has 1 saturated carbocycles. The van der Waals surface area contributed by atoms with Crippen LogP contribution >= 0.6 is 0 Å². The van der Waals surface area contributed by atoms with Crippen LogP contribution in [0, 0.1) is 12.8 Å². The first-order chi connectivity index (χ1) is 21.7. The van der Waals surface area contributed by atoms with Crippen molar-refractivity contribution < 1.29 is 23.5 Å². The Balaban J connectivity index is 1.29. The first-order valence-electron chi connectivity index (χ1n) is 15.9. The average Bonchev–Trinajstić information content (AvgIpc) is 3.66. The van der Waals surface area contributed by atoms with E-state index in [0.29, 0.717) is 36.9 Å². The molecule has 5 heterocycles. The van der Waals surface area contributed by atoms with E-state index >= 15 is 0 Å². The number of hydrogen-bond acceptors (Lipinski definition) is 6. The van der Waals surface area contributed by atoms with Crippen LogP contribution in [0.1, 0.15) is 53.6 Å². The molecule has 3 aromatic heterocycles. The topological polar surface area (TPSA) is 107 Å². The van der Waals surface area contributed by atoms with Crippen LogP contribution in [0.5, 0.6) is 5.75 Å². The minimum absolute atomic E-state index is 0.0229. The fraction of sp³-hybridized carbons (Fsp3) is 0.500. The fourth-order valence-electron chi connectivity index (χ4n) is 7.07. The summed E-state index contributed by atoms with van der Waals surface area (Å²) < 4.78 is 29.5. The van der Waals surface area contributed by atoms with E-state index < -0.39 is 18.3 Å². The Morgan fingerprint density at radius 3 is 2.56 bits per heavy atom. The summed E-state index contributed by atoms with van der Waals surface area (Å²) in [5.74, 6) is 1.12. The van der Waals surface area contributed by atoms with Gasteiger partial charge in [0.05, 0.1) is 30.4 Å². The predicted octanol–water partition coefficient (Wildman–Crippen LogP) is 4.16. The highest BCUT2D eigenvalue weighted by atomic mass is 19.1. The highest BCUT2D eigenvalue weighted by Crippen LogP contribution is 2.41. The van der Waals surface area contributed by atoms with Gasteiger partial charge in [-0.25, -0.2) is 8.91 Å². The predicted molar refractivity (Wildman–Crippen MR) is 169 cm³/mol. The molecule has 2 saturated heterocycles. The van der Waals surface area contributed by atoms with Gasteiger partial charge in [0.25, 0.3) is 11.8 Å². The van der Waals surface area contributed by atoms with E-state index in [1.807, 2.05) is 11.8 Å². The van der Waals surface area contributed by atoms with Crippen LogP contribution in [0.4, 0.5) is 4.39 Å². The third kappa shape index (κ3) is 5.25. The molecule has 1 aliphatic carbocycles. The van der Waals surface area contributed by atoms with Gasteiger partial charge < -0.3 is 29.6 Å². The van der Waals surface area contributed by atoms with Crippen LogP contribution in [-0.4, -0.2) is 94.5 Å². The Morgan fingerprint density at radius 1 is 1.09 bits per heavy atom. The normalized spacial score (nSPS) is 21.4. The quantitative estimate of drug-likeness (QED) is 0.319. The fourth-order valence-corrected chi connectivity index (χ4v) is 7.07. The number of nitrogens with zero attached hydrogens (tertiary/aromatic N) is 5. The molecule has 2 N–H and O–H groups in total. The number of para-hydroxylation sites is 1. The van der Waals surface area contributed by atoms with E-state index in [4.69, 9.17) is 20.3 Å². The molecule has 2 amide bonds. The number of piperidine rings is 1. The molecule has 10 nitrogen and oxygen atoms in total. The van der Waals surface area contributed by atoms with E-state index in [2.05, 4.69) is 28.8 Å². The number of hydrogen-bond donors (Lipinski definition) is 1. The molecular weight excluding hydrogens is 575 g/mol. The van der Waals surface area contributed by atoms with Gasteiger partial charge in [-0.15, -0.1) is 0 Å². The van der Waals surface area contributed by atoms with Gasteiger partial charge in [-0.3, -0.25) is 9.59 Å². The van der Waals surface area contributed by atoms with Gasteiger partial charge in [0.1, 0.15) is 29.2 Å². The number of carbonyl (C=O) groups excluding carboxylic acids is 2. The molecule has 3 atom stereocenters. The molecule has 7 rings (SSSR count). The van der Waals surface area contributed by atoms with Crippen LogP contribution in [0.3, 0.4) is 0 Å². The molecule has 3 fully saturated rings. The Labute approximate surface area is 261 Å². The van der Waals surface area contributed by atoms with Crippen molar-refractivity contribution in [3.05, 3.63) is 53.2 Å². The van der Waals surface area contributed by atoms with Gasteiger partial charge in [-0.1, -0.05) is 18.2 Å². The second kappa shape index (κ2) is 11.4. The summed E-state index contributed by atoms with van der Waals surface area (Å²) >= 11 is 0. The molecule has 2 aliphatic heterocycles. The largest absolute Gasteiger partial charge is 0.494 e. The summed E-state index contributed by atoms with van der Waals surface area (Å²) in [6.07, 6.45) is 2.78. The van der Waals surface area contributed by atoms with Gasteiger partial charge in [0.2, 0.25) is 0 Å². The zero-order chi connectivity index (χ0) is 31.6. The van der Waals surface area contributed by atoms with Gasteiger partial charge in [-0.2, -0.15) is 5.10 Å². The number of carbonyl (C=O) groups is 2. The summed E-state index contributed by atoms with van der Waals surface area (Å²) in [6, 6.07) is 9.96. The van der Waals surface area contributed by atoms with E-state index in [1.54, 1.807) is 37.9 Å². The Bertz CT molecular complexity index is 1780. The lowest BCUT2D eigenvalue weighted by molar-refractivity contribution is -0.145. The first kappa shape index (κ1) is 29.7. The van der Waals surface area contributed by atoms with Crippen molar-refractivity contribution >= 4 is 28.2 Å². The molecule has 1 aromatic carbocycles. The Hall–Kier alpha value is -3.96. The SMILES string of the molecule is COc1cc(C(=O)N2C[C@H](N)C[C@@H](F)C2)cn2nc(-c3cc4cccc(C5CN(C(=O)[C@@H](C)OC)C5)c4n3CC3CC3)c(C)c12. The maximum absolute atomic E-state index is 14.3. The summed E-state index contributed by atoms with van der Waals surface area (Å²) in [5, 5.41) is 6.18. The van der Waals surface area contributed by atoms with Crippen molar-refractivity contribution in [3.8, 4) is 17.1 Å². The standard InChI is InChI=1S/C34H41FN6O4/c1-19-30(37-41-16-23(11-29(45-4)31(19)41)34(43)39-17-25(35)12-26(36)18-39)28-10-22-6-5-7-27(32(22)40(28)13-21-8-9-21)24-14-38(15-24)33(42)20(2)44-3/h5-7,10-11,16,20-21,24-26H,8-9,12-15,17-18,36H2,1-4H3/t20-,25-,26-/m1/s1. The highest BCUT2D eigenvalue weighted by molar-refractivity contribution is 5.96. The zero-order valence-electron chi connectivity index (χ0n) is 26.3. The van der Waals surface area contributed by atoms with Crippen LogP contribution in [0.15, 0.2) is 36.5 Å². The van der Waals surface area contributed by atoms with Crippen LogP contribution in [-0.2, 0) is 16.1 Å². The molecule has 0 unspecified atom stereocenters. The molecule has 45 heavy (non-hydrogen) atoms. The first-order valence-corrected chi connectivity index (χ1v) is 15.9. The van der Waals surface area contributed by atoms with Crippen LogP contribution in [0.2, 0.25) is 0 Å². The number of fused-ring (bicyclic) bond motifs is 2. The lowest BCUT2D eigenvalue weighted by Crippen LogP contribution is -2.52. The number of aromatic nitrogens is 3. The number of methoxy groups -OCH3 is 2. The lowest BCUT2D eigenvalue weighted by atomic mass is 9.89. The molecular formula is C34H41FN6O4.